The molecule has 0 atom stereocenters. The molecule has 3 nitrogen and oxygen atoms in total. The van der Waals surface area contributed by atoms with Crippen LogP contribution in [0.3, 0.4) is 0 Å². The summed E-state index contributed by atoms with van der Waals surface area (Å²) in [6, 6.07) is 44.0. The van der Waals surface area contributed by atoms with Gasteiger partial charge < -0.3 is 4.55 Å². The first-order chi connectivity index (χ1) is 22.4. The Kier molecular flexibility index (Phi) is 11.3. The normalized spacial score (nSPS) is 13.8. The standard InChI is InChI=1S/C25H22P.C6HF13O3S/c1-5-13-22(14-6-1)21-26(23-15-7-2-8-16-23,24-17-9-3-10-18-24)25-19-11-4-12-20-25;7-1(8,3(11,12)5(15,16)17)2(9,10)4(13,14)6(18,19)23(20,21)22/h1-20H,21H2;(H,20,21,22)/q+1;/p-1. The lowest BCUT2D eigenvalue weighted by Crippen LogP contribution is -2.71. The number of hydrogen-bond acceptors (Lipinski definition) is 3. The smallest absolute Gasteiger partial charge is 0.460 e. The van der Waals surface area contributed by atoms with Crippen molar-refractivity contribution in [1.29, 1.82) is 0 Å². The molecule has 4 aromatic carbocycles. The maximum atomic E-state index is 12.7. The molecule has 0 aliphatic heterocycles. The number of benzene rings is 4. The van der Waals surface area contributed by atoms with Crippen molar-refractivity contribution < 1.29 is 70.0 Å². The highest BCUT2D eigenvalue weighted by molar-refractivity contribution is 7.95. The summed E-state index contributed by atoms with van der Waals surface area (Å²) in [5, 5.41) is -3.34. The zero-order chi connectivity index (χ0) is 37.2. The molecule has 0 N–H and O–H groups in total. The molecule has 4 aromatic rings. The molecule has 0 unspecified atom stereocenters. The van der Waals surface area contributed by atoms with Crippen molar-refractivity contribution in [2.24, 2.45) is 0 Å². The Bertz CT molecular complexity index is 1680. The van der Waals surface area contributed by atoms with Gasteiger partial charge in [-0.05, 0) is 42.0 Å². The predicted molar refractivity (Wildman–Crippen MR) is 156 cm³/mol. The summed E-state index contributed by atoms with van der Waals surface area (Å²) in [4.78, 5) is 0. The van der Waals surface area contributed by atoms with Gasteiger partial charge in [-0.2, -0.15) is 57.1 Å². The summed E-state index contributed by atoms with van der Waals surface area (Å²) >= 11 is 0. The van der Waals surface area contributed by atoms with Gasteiger partial charge in [0, 0.05) is 0 Å². The van der Waals surface area contributed by atoms with Crippen LogP contribution in [0.15, 0.2) is 121 Å². The first kappa shape index (κ1) is 39.7. The summed E-state index contributed by atoms with van der Waals surface area (Å²) in [5.41, 5.74) is 1.39. The minimum absolute atomic E-state index is 1.03. The van der Waals surface area contributed by atoms with Crippen molar-refractivity contribution >= 4 is 33.3 Å². The zero-order valence-corrected chi connectivity index (χ0v) is 26.0. The lowest BCUT2D eigenvalue weighted by Gasteiger charge is -2.39. The summed E-state index contributed by atoms with van der Waals surface area (Å²) in [6.45, 7) is 0. The number of hydrogen-bond donors (Lipinski definition) is 0. The molecular formula is C31H22F13O3PS. The van der Waals surface area contributed by atoms with E-state index < -0.39 is 52.5 Å². The van der Waals surface area contributed by atoms with Crippen LogP contribution in [0.25, 0.3) is 0 Å². The van der Waals surface area contributed by atoms with Gasteiger partial charge in [0.25, 0.3) is 0 Å². The van der Waals surface area contributed by atoms with Crippen molar-refractivity contribution in [3.63, 3.8) is 0 Å². The van der Waals surface area contributed by atoms with Crippen LogP contribution in [0.1, 0.15) is 5.56 Å². The third kappa shape index (κ3) is 7.15. The molecule has 266 valence electrons. The topological polar surface area (TPSA) is 57.2 Å². The highest BCUT2D eigenvalue weighted by atomic mass is 32.2. The number of alkyl halides is 13. The lowest BCUT2D eigenvalue weighted by molar-refractivity contribution is -0.433. The maximum Gasteiger partial charge on any atom is 0.460 e. The average molecular weight is 753 g/mol. The second kappa shape index (κ2) is 13.9. The van der Waals surface area contributed by atoms with E-state index in [0.29, 0.717) is 0 Å². The fourth-order valence-corrected chi connectivity index (χ4v) is 9.22. The van der Waals surface area contributed by atoms with Crippen LogP contribution in [0.2, 0.25) is 0 Å². The van der Waals surface area contributed by atoms with Gasteiger partial charge in [-0.15, -0.1) is 0 Å². The van der Waals surface area contributed by atoms with E-state index in [1.54, 1.807) is 0 Å². The Morgan fingerprint density at radius 3 is 1.02 bits per heavy atom. The number of rotatable bonds is 10. The summed E-state index contributed by atoms with van der Waals surface area (Å²) in [7, 11) is -9.63. The molecule has 49 heavy (non-hydrogen) atoms. The van der Waals surface area contributed by atoms with Crippen molar-refractivity contribution in [3.8, 4) is 0 Å². The van der Waals surface area contributed by atoms with Gasteiger partial charge in [0.2, 0.25) is 0 Å². The quantitative estimate of drug-likeness (QED) is 0.0930. The third-order valence-corrected chi connectivity index (χ3v) is 12.3. The van der Waals surface area contributed by atoms with Gasteiger partial charge >= 0.3 is 35.1 Å². The van der Waals surface area contributed by atoms with E-state index in [9.17, 15) is 70.0 Å². The highest BCUT2D eigenvalue weighted by Crippen LogP contribution is 2.61. The van der Waals surface area contributed by atoms with E-state index in [2.05, 4.69) is 121 Å². The largest absolute Gasteiger partial charge is 0.743 e. The van der Waals surface area contributed by atoms with Crippen molar-refractivity contribution in [2.75, 3.05) is 0 Å². The number of halogens is 13. The van der Waals surface area contributed by atoms with Crippen molar-refractivity contribution in [2.45, 2.75) is 41.3 Å². The summed E-state index contributed by atoms with van der Waals surface area (Å²) < 4.78 is 189. The molecule has 0 aliphatic rings. The van der Waals surface area contributed by atoms with Crippen LogP contribution in [0.4, 0.5) is 57.1 Å². The van der Waals surface area contributed by atoms with E-state index >= 15 is 0 Å². The lowest BCUT2D eigenvalue weighted by atomic mass is 9.98. The molecule has 4 rings (SSSR count). The molecule has 0 heterocycles. The van der Waals surface area contributed by atoms with E-state index in [0.717, 1.165) is 6.16 Å². The second-order valence-electron chi connectivity index (χ2n) is 10.2. The van der Waals surface area contributed by atoms with Crippen LogP contribution in [0.5, 0.6) is 0 Å². The summed E-state index contributed by atoms with van der Waals surface area (Å²) in [5.74, 6) is -32.6. The van der Waals surface area contributed by atoms with Crippen LogP contribution < -0.4 is 15.9 Å². The van der Waals surface area contributed by atoms with Gasteiger partial charge in [-0.3, -0.25) is 0 Å². The molecule has 0 spiro atoms. The molecular weight excluding hydrogens is 730 g/mol. The van der Waals surface area contributed by atoms with Crippen LogP contribution in [0, 0.1) is 0 Å². The molecule has 0 radical (unpaired) electrons. The van der Waals surface area contributed by atoms with Gasteiger partial charge in [-0.25, -0.2) is 8.42 Å². The molecule has 0 aliphatic carbocycles. The van der Waals surface area contributed by atoms with Gasteiger partial charge in [-0.1, -0.05) is 84.9 Å². The molecule has 18 heteroatoms. The first-order valence-corrected chi connectivity index (χ1v) is 16.8. The monoisotopic (exact) mass is 752 g/mol. The fourth-order valence-electron chi connectivity index (χ4n) is 4.54. The second-order valence-corrected chi connectivity index (χ2v) is 15.1. The predicted octanol–water partition coefficient (Wildman–Crippen LogP) is 8.41. The third-order valence-electron chi connectivity index (χ3n) is 7.07. The first-order valence-electron chi connectivity index (χ1n) is 13.4. The van der Waals surface area contributed by atoms with Gasteiger partial charge in [0.05, 0.1) is 6.16 Å². The fraction of sp³-hybridized carbons (Fsp3) is 0.226. The van der Waals surface area contributed by atoms with Crippen LogP contribution in [-0.4, -0.2) is 48.1 Å². The van der Waals surface area contributed by atoms with E-state index in [-0.39, 0.29) is 0 Å². The molecule has 0 bridgehead atoms. The van der Waals surface area contributed by atoms with E-state index in [4.69, 9.17) is 0 Å². The van der Waals surface area contributed by atoms with Crippen LogP contribution in [-0.2, 0) is 16.3 Å². The SMILES string of the molecule is O=S(=O)([O-])C(F)(F)C(F)(F)C(F)(F)C(F)(F)C(F)(F)C(F)(F)F.c1ccc(C[P+](c2ccccc2)(c2ccccc2)c2ccccc2)cc1. The Labute approximate surface area is 271 Å². The Hall–Kier alpha value is -3.69. The minimum atomic E-state index is -8.29. The van der Waals surface area contributed by atoms with E-state index in [1.165, 1.54) is 21.5 Å². The zero-order valence-electron chi connectivity index (χ0n) is 24.2. The molecule has 0 saturated carbocycles. The summed E-state index contributed by atoms with van der Waals surface area (Å²) in [6.07, 6.45) is -6.58. The molecule has 0 saturated heterocycles. The Morgan fingerprint density at radius 2 is 0.735 bits per heavy atom. The van der Waals surface area contributed by atoms with Crippen molar-refractivity contribution in [3.05, 3.63) is 127 Å². The molecule has 0 fully saturated rings. The highest BCUT2D eigenvalue weighted by Gasteiger charge is 2.91. The Balaban J connectivity index is 0.000000269. The molecule has 0 aromatic heterocycles. The average Bonchev–Trinajstić information content (AvgIpc) is 3.04. The molecule has 0 amide bonds. The van der Waals surface area contributed by atoms with Gasteiger partial charge in [0.1, 0.15) is 23.2 Å². The minimum Gasteiger partial charge on any atom is -0.743 e. The van der Waals surface area contributed by atoms with Gasteiger partial charge in [0.15, 0.2) is 10.1 Å². The van der Waals surface area contributed by atoms with Crippen molar-refractivity contribution in [1.82, 2.24) is 0 Å². The maximum absolute atomic E-state index is 12.7. The Morgan fingerprint density at radius 1 is 0.449 bits per heavy atom. The van der Waals surface area contributed by atoms with E-state index in [1.807, 2.05) is 0 Å². The van der Waals surface area contributed by atoms with Crippen LogP contribution >= 0.6 is 7.26 Å².